The number of aromatic nitrogens is 2. The monoisotopic (exact) mass is 434 g/mol. The smallest absolute Gasteiger partial charge is 0.191 e. The highest BCUT2D eigenvalue weighted by atomic mass is 127. The van der Waals surface area contributed by atoms with Crippen molar-refractivity contribution in [1.29, 1.82) is 0 Å². The maximum Gasteiger partial charge on any atom is 0.191 e. The Labute approximate surface area is 157 Å². The van der Waals surface area contributed by atoms with Gasteiger partial charge in [0.2, 0.25) is 0 Å². The minimum Gasteiger partial charge on any atom is -0.356 e. The van der Waals surface area contributed by atoms with Crippen LogP contribution in [0.5, 0.6) is 0 Å². The summed E-state index contributed by atoms with van der Waals surface area (Å²) in [4.78, 5) is 6.88. The summed E-state index contributed by atoms with van der Waals surface area (Å²) in [6.07, 6.45) is 4.41. The number of aliphatic imine (C=N–C) groups is 1. The molecule has 0 aromatic carbocycles. The minimum atomic E-state index is 0. The van der Waals surface area contributed by atoms with Gasteiger partial charge < -0.3 is 15.5 Å². The van der Waals surface area contributed by atoms with E-state index in [4.69, 9.17) is 0 Å². The Kier molecular flexibility index (Phi) is 8.90. The molecule has 1 saturated heterocycles. The van der Waals surface area contributed by atoms with Crippen LogP contribution in [0.1, 0.15) is 32.4 Å². The van der Waals surface area contributed by atoms with Crippen molar-refractivity contribution in [3.05, 3.63) is 18.0 Å². The van der Waals surface area contributed by atoms with Gasteiger partial charge in [-0.2, -0.15) is 5.10 Å². The molecule has 23 heavy (non-hydrogen) atoms. The highest BCUT2D eigenvalue weighted by Gasteiger charge is 2.21. The van der Waals surface area contributed by atoms with Crippen LogP contribution >= 0.6 is 24.0 Å². The van der Waals surface area contributed by atoms with Crippen LogP contribution in [-0.2, 0) is 13.6 Å². The first-order chi connectivity index (χ1) is 10.6. The molecule has 2 N–H and O–H groups in total. The summed E-state index contributed by atoms with van der Waals surface area (Å²) in [6, 6.07) is 2.66. The Hall–Kier alpha value is -0.830. The van der Waals surface area contributed by atoms with Gasteiger partial charge in [0.15, 0.2) is 5.96 Å². The van der Waals surface area contributed by atoms with Gasteiger partial charge in [0.05, 0.1) is 12.2 Å². The highest BCUT2D eigenvalue weighted by Crippen LogP contribution is 2.17. The molecular formula is C16H31IN6. The molecule has 1 aliphatic heterocycles. The fraction of sp³-hybridized carbons (Fsp3) is 0.750. The molecule has 0 aliphatic carbocycles. The van der Waals surface area contributed by atoms with Crippen molar-refractivity contribution in [1.82, 2.24) is 25.3 Å². The Morgan fingerprint density at radius 2 is 2.22 bits per heavy atom. The standard InChI is InChI=1S/C16H30N6.HI/c1-13(2)22-9-5-6-14(12-22)10-18-16(17-3)19-11-15-7-8-20-21(15)4;/h7-8,13-14H,5-6,9-12H2,1-4H3,(H2,17,18,19);1H. The van der Waals surface area contributed by atoms with E-state index in [0.717, 1.165) is 24.7 Å². The average Bonchev–Trinajstić information content (AvgIpc) is 2.93. The Balaban J connectivity index is 0.00000264. The number of hydrogen-bond acceptors (Lipinski definition) is 3. The van der Waals surface area contributed by atoms with Gasteiger partial charge in [-0.25, -0.2) is 0 Å². The molecule has 2 rings (SSSR count). The molecule has 1 fully saturated rings. The Morgan fingerprint density at radius 3 is 2.83 bits per heavy atom. The average molecular weight is 434 g/mol. The lowest BCUT2D eigenvalue weighted by Crippen LogP contribution is -2.46. The first kappa shape index (κ1) is 20.2. The first-order valence-electron chi connectivity index (χ1n) is 8.25. The van der Waals surface area contributed by atoms with Crippen molar-refractivity contribution >= 4 is 29.9 Å². The van der Waals surface area contributed by atoms with Crippen molar-refractivity contribution in [2.45, 2.75) is 39.3 Å². The van der Waals surface area contributed by atoms with E-state index in [2.05, 4.69) is 39.5 Å². The van der Waals surface area contributed by atoms with E-state index in [1.54, 1.807) is 0 Å². The van der Waals surface area contributed by atoms with Crippen molar-refractivity contribution in [3.8, 4) is 0 Å². The zero-order valence-corrected chi connectivity index (χ0v) is 17.1. The van der Waals surface area contributed by atoms with E-state index in [1.807, 2.05) is 31.0 Å². The highest BCUT2D eigenvalue weighted by molar-refractivity contribution is 14.0. The predicted molar refractivity (Wildman–Crippen MR) is 106 cm³/mol. The fourth-order valence-corrected chi connectivity index (χ4v) is 2.94. The normalized spacial score (nSPS) is 19.5. The van der Waals surface area contributed by atoms with Crippen LogP contribution in [0.15, 0.2) is 17.3 Å². The Bertz CT molecular complexity index is 485. The molecule has 1 unspecified atom stereocenters. The molecule has 1 aromatic heterocycles. The van der Waals surface area contributed by atoms with Crippen LogP contribution in [-0.4, -0.2) is 53.4 Å². The quantitative estimate of drug-likeness (QED) is 0.422. The molecule has 2 heterocycles. The van der Waals surface area contributed by atoms with E-state index in [9.17, 15) is 0 Å². The SMILES string of the molecule is CN=C(NCc1ccnn1C)NCC1CCCN(C(C)C)C1.I. The number of piperidine rings is 1. The molecule has 1 aromatic rings. The van der Waals surface area contributed by atoms with E-state index >= 15 is 0 Å². The van der Waals surface area contributed by atoms with Gasteiger partial charge in [0.25, 0.3) is 0 Å². The zero-order valence-electron chi connectivity index (χ0n) is 14.7. The van der Waals surface area contributed by atoms with E-state index in [0.29, 0.717) is 12.0 Å². The van der Waals surface area contributed by atoms with Crippen LogP contribution < -0.4 is 10.6 Å². The summed E-state index contributed by atoms with van der Waals surface area (Å²) in [5.41, 5.74) is 1.14. The number of nitrogens with zero attached hydrogens (tertiary/aromatic N) is 4. The molecule has 0 saturated carbocycles. The summed E-state index contributed by atoms with van der Waals surface area (Å²) < 4.78 is 1.88. The van der Waals surface area contributed by atoms with Gasteiger partial charge in [-0.3, -0.25) is 9.67 Å². The summed E-state index contributed by atoms with van der Waals surface area (Å²) in [5, 5.41) is 11.0. The summed E-state index contributed by atoms with van der Waals surface area (Å²) in [5.74, 6) is 1.56. The lowest BCUT2D eigenvalue weighted by molar-refractivity contribution is 0.141. The van der Waals surface area contributed by atoms with Gasteiger partial charge in [0, 0.05) is 39.4 Å². The van der Waals surface area contributed by atoms with Gasteiger partial charge in [-0.15, -0.1) is 24.0 Å². The number of guanidine groups is 1. The van der Waals surface area contributed by atoms with Gasteiger partial charge in [0.1, 0.15) is 0 Å². The molecule has 0 radical (unpaired) electrons. The molecule has 6 nitrogen and oxygen atoms in total. The summed E-state index contributed by atoms with van der Waals surface area (Å²) >= 11 is 0. The second kappa shape index (κ2) is 10.1. The number of aryl methyl sites for hydroxylation is 1. The third-order valence-corrected chi connectivity index (χ3v) is 4.42. The molecule has 1 aliphatic rings. The zero-order chi connectivity index (χ0) is 15.9. The van der Waals surface area contributed by atoms with E-state index in [-0.39, 0.29) is 24.0 Å². The summed E-state index contributed by atoms with van der Waals surface area (Å²) in [6.45, 7) is 8.70. The molecule has 0 spiro atoms. The molecule has 132 valence electrons. The topological polar surface area (TPSA) is 57.5 Å². The molecule has 0 amide bonds. The van der Waals surface area contributed by atoms with Crippen LogP contribution in [0.3, 0.4) is 0 Å². The Morgan fingerprint density at radius 1 is 1.43 bits per heavy atom. The van der Waals surface area contributed by atoms with Gasteiger partial charge in [-0.05, 0) is 45.2 Å². The summed E-state index contributed by atoms with van der Waals surface area (Å²) in [7, 11) is 3.77. The fourth-order valence-electron chi connectivity index (χ4n) is 2.94. The number of nitrogens with one attached hydrogen (secondary N) is 2. The maximum atomic E-state index is 4.31. The third kappa shape index (κ3) is 6.29. The molecular weight excluding hydrogens is 403 g/mol. The largest absolute Gasteiger partial charge is 0.356 e. The van der Waals surface area contributed by atoms with Crippen LogP contribution in [0.25, 0.3) is 0 Å². The van der Waals surface area contributed by atoms with Crippen molar-refractivity contribution in [2.24, 2.45) is 18.0 Å². The molecule has 7 heteroatoms. The van der Waals surface area contributed by atoms with Crippen molar-refractivity contribution < 1.29 is 0 Å². The third-order valence-electron chi connectivity index (χ3n) is 4.42. The molecule has 1 atom stereocenters. The predicted octanol–water partition coefficient (Wildman–Crippen LogP) is 1.82. The molecule has 0 bridgehead atoms. The number of hydrogen-bond donors (Lipinski definition) is 2. The van der Waals surface area contributed by atoms with Crippen LogP contribution in [0.4, 0.5) is 0 Å². The van der Waals surface area contributed by atoms with Crippen LogP contribution in [0, 0.1) is 5.92 Å². The number of likely N-dealkylation sites (tertiary alicyclic amines) is 1. The van der Waals surface area contributed by atoms with Crippen LogP contribution in [0.2, 0.25) is 0 Å². The lowest BCUT2D eigenvalue weighted by atomic mass is 9.97. The van der Waals surface area contributed by atoms with Crippen molar-refractivity contribution in [3.63, 3.8) is 0 Å². The number of rotatable bonds is 5. The second-order valence-electron chi connectivity index (χ2n) is 6.35. The minimum absolute atomic E-state index is 0. The lowest BCUT2D eigenvalue weighted by Gasteiger charge is -2.35. The number of halogens is 1. The van der Waals surface area contributed by atoms with E-state index < -0.39 is 0 Å². The first-order valence-corrected chi connectivity index (χ1v) is 8.25. The van der Waals surface area contributed by atoms with E-state index in [1.165, 1.54) is 25.9 Å². The van der Waals surface area contributed by atoms with Crippen molar-refractivity contribution in [2.75, 3.05) is 26.7 Å². The maximum absolute atomic E-state index is 4.31. The van der Waals surface area contributed by atoms with Gasteiger partial charge >= 0.3 is 0 Å². The van der Waals surface area contributed by atoms with Gasteiger partial charge in [-0.1, -0.05) is 0 Å². The second-order valence-corrected chi connectivity index (χ2v) is 6.35.